The summed E-state index contributed by atoms with van der Waals surface area (Å²) in [6.45, 7) is 4.63. The molecule has 0 saturated heterocycles. The molecule has 2 N–H and O–H groups in total. The second kappa shape index (κ2) is 62.2. The zero-order valence-corrected chi connectivity index (χ0v) is 52.7. The second-order valence-corrected chi connectivity index (χ2v) is 23.7. The minimum Gasteiger partial charge on any atom is -0.462 e. The first-order valence-corrected chi connectivity index (χ1v) is 34.7. The van der Waals surface area contributed by atoms with Crippen LogP contribution in [0.2, 0.25) is 0 Å². The number of allylic oxidation sites excluding steroid dienone is 10. The summed E-state index contributed by atoms with van der Waals surface area (Å²) in [7, 11) is -4.76. The molecule has 0 aliphatic carbocycles. The summed E-state index contributed by atoms with van der Waals surface area (Å²) >= 11 is 0. The number of carbonyl (C=O) groups is 3. The molecule has 80 heavy (non-hydrogen) atoms. The van der Waals surface area contributed by atoms with Gasteiger partial charge in [0.05, 0.1) is 19.8 Å². The molecule has 0 saturated carbocycles. The minimum atomic E-state index is -4.76. The summed E-state index contributed by atoms with van der Waals surface area (Å²) in [4.78, 5) is 48.8. The summed E-state index contributed by atoms with van der Waals surface area (Å²) in [5.41, 5.74) is 0. The van der Waals surface area contributed by atoms with E-state index in [0.717, 1.165) is 103 Å². The van der Waals surface area contributed by atoms with Crippen LogP contribution in [0, 0.1) is 0 Å². The molecule has 0 aromatic rings. The second-order valence-electron chi connectivity index (χ2n) is 22.3. The van der Waals surface area contributed by atoms with Gasteiger partial charge in [-0.05, 0) is 109 Å². The van der Waals surface area contributed by atoms with Crippen molar-refractivity contribution in [2.24, 2.45) is 0 Å². The maximum atomic E-state index is 13.0. The average molecular weight is 1150 g/mol. The van der Waals surface area contributed by atoms with Crippen LogP contribution in [0.25, 0.3) is 0 Å². The van der Waals surface area contributed by atoms with Crippen LogP contribution in [0.15, 0.2) is 60.8 Å². The van der Waals surface area contributed by atoms with Crippen LogP contribution in [-0.4, -0.2) is 66.5 Å². The number of carbonyl (C=O) groups excluding carboxylic acids is 3. The van der Waals surface area contributed by atoms with E-state index in [1.807, 2.05) is 0 Å². The summed E-state index contributed by atoms with van der Waals surface area (Å²) in [6, 6.07) is 0. The molecule has 0 fully saturated rings. The van der Waals surface area contributed by atoms with Gasteiger partial charge in [-0.25, -0.2) is 4.57 Å². The lowest BCUT2D eigenvalue weighted by molar-refractivity contribution is -0.161. The third-order valence-corrected chi connectivity index (χ3v) is 15.3. The Bertz CT molecular complexity index is 1570. The molecule has 0 aromatic carbocycles. The Morgan fingerprint density at radius 1 is 0.350 bits per heavy atom. The fourth-order valence-corrected chi connectivity index (χ4v) is 10.1. The summed E-state index contributed by atoms with van der Waals surface area (Å²) in [6.07, 6.45) is 70.2. The number of phosphoric acid groups is 1. The molecule has 0 rings (SSSR count). The molecule has 0 heterocycles. The predicted molar refractivity (Wildman–Crippen MR) is 335 cm³/mol. The van der Waals surface area contributed by atoms with Crippen LogP contribution in [0.4, 0.5) is 0 Å². The third-order valence-electron chi connectivity index (χ3n) is 14.4. The molecule has 0 amide bonds. The van der Waals surface area contributed by atoms with Gasteiger partial charge in [0.15, 0.2) is 6.10 Å². The molecule has 0 aromatic heterocycles. The summed E-state index contributed by atoms with van der Waals surface area (Å²) < 4.78 is 39.7. The molecular weight excluding hydrogens is 1020 g/mol. The largest absolute Gasteiger partial charge is 0.472 e. The molecule has 3 unspecified atom stereocenters. The molecule has 0 spiro atoms. The first kappa shape index (κ1) is 77.2. The van der Waals surface area contributed by atoms with E-state index < -0.39 is 57.8 Å². The van der Waals surface area contributed by atoms with Crippen molar-refractivity contribution >= 4 is 25.7 Å². The highest BCUT2D eigenvalue weighted by Gasteiger charge is 2.28. The number of hydrogen-bond donors (Lipinski definition) is 2. The summed E-state index contributed by atoms with van der Waals surface area (Å²) in [5, 5.41) is 9.87. The smallest absolute Gasteiger partial charge is 0.462 e. The normalized spacial score (nSPS) is 13.6. The van der Waals surface area contributed by atoms with Crippen molar-refractivity contribution < 1.29 is 52.2 Å². The maximum Gasteiger partial charge on any atom is 0.472 e. The van der Waals surface area contributed by atoms with Crippen molar-refractivity contribution in [2.45, 2.75) is 328 Å². The molecule has 0 bridgehead atoms. The standard InChI is InChI=1S/C68H123O11P/c1-4-7-10-13-16-19-22-25-28-30-32-34-37-40-43-46-49-52-55-58-67(71)78-64(60-69)62-76-80(73,74)77-63-65(61-75-66(70)57-54-51-48-45-42-39-36-27-24-21-18-15-12-9-6-3)79-68(72)59-56-53-50-47-44-41-38-35-33-31-29-26-23-20-17-14-11-8-5-2/h16-17,19-20,25-29,36,64-65,69H,4-15,18,21-24,30-35,37-63H2,1-3H3,(H,73,74)/b19-16-,20-17-,28-25-,29-26-,36-27-. The topological polar surface area (TPSA) is 155 Å². The van der Waals surface area contributed by atoms with E-state index in [0.29, 0.717) is 19.3 Å². The van der Waals surface area contributed by atoms with Gasteiger partial charge < -0.3 is 24.2 Å². The van der Waals surface area contributed by atoms with Gasteiger partial charge in [0.1, 0.15) is 12.7 Å². The van der Waals surface area contributed by atoms with E-state index >= 15 is 0 Å². The highest BCUT2D eigenvalue weighted by molar-refractivity contribution is 7.47. The fourth-order valence-electron chi connectivity index (χ4n) is 9.30. The molecular formula is C68H123O11P. The highest BCUT2D eigenvalue weighted by Crippen LogP contribution is 2.43. The van der Waals surface area contributed by atoms with Crippen LogP contribution in [0.3, 0.4) is 0 Å². The first-order valence-electron chi connectivity index (χ1n) is 33.2. The van der Waals surface area contributed by atoms with E-state index in [-0.39, 0.29) is 25.9 Å². The lowest BCUT2D eigenvalue weighted by atomic mass is 10.1. The van der Waals surface area contributed by atoms with E-state index in [1.165, 1.54) is 154 Å². The number of unbranched alkanes of at least 4 members (excludes halogenated alkanes) is 35. The van der Waals surface area contributed by atoms with Crippen molar-refractivity contribution in [3.8, 4) is 0 Å². The van der Waals surface area contributed by atoms with Gasteiger partial charge in [-0.3, -0.25) is 23.4 Å². The number of aliphatic hydroxyl groups excluding tert-OH is 1. The van der Waals surface area contributed by atoms with Gasteiger partial charge >= 0.3 is 25.7 Å². The number of ether oxygens (including phenoxy) is 3. The number of aliphatic hydroxyl groups is 1. The van der Waals surface area contributed by atoms with Gasteiger partial charge in [-0.2, -0.15) is 0 Å². The Morgan fingerprint density at radius 3 is 0.963 bits per heavy atom. The van der Waals surface area contributed by atoms with Crippen molar-refractivity contribution in [3.05, 3.63) is 60.8 Å². The summed E-state index contributed by atoms with van der Waals surface area (Å²) in [5.74, 6) is -1.47. The minimum absolute atomic E-state index is 0.162. The predicted octanol–water partition coefficient (Wildman–Crippen LogP) is 20.3. The Labute approximate surface area is 491 Å². The van der Waals surface area contributed by atoms with Crippen LogP contribution in [0.5, 0.6) is 0 Å². The van der Waals surface area contributed by atoms with Crippen LogP contribution < -0.4 is 0 Å². The van der Waals surface area contributed by atoms with Crippen LogP contribution in [-0.2, 0) is 42.2 Å². The number of phosphoric ester groups is 1. The van der Waals surface area contributed by atoms with E-state index in [9.17, 15) is 28.9 Å². The SMILES string of the molecule is CCCCC/C=C\C/C=C\CCCCCCCCCCCC(=O)OC(CO)COP(=O)(O)OCC(COC(=O)CCCCCCC/C=C\CCCCCCCC)OC(=O)CCCCCCCCCCC/C=C\C/C=C\CCCCC. The number of esters is 3. The molecule has 0 aliphatic heterocycles. The lowest BCUT2D eigenvalue weighted by Crippen LogP contribution is -2.30. The fraction of sp³-hybridized carbons (Fsp3) is 0.809. The van der Waals surface area contributed by atoms with E-state index in [4.69, 9.17) is 23.3 Å². The van der Waals surface area contributed by atoms with Crippen molar-refractivity contribution in [3.63, 3.8) is 0 Å². The van der Waals surface area contributed by atoms with Gasteiger partial charge in [-0.15, -0.1) is 0 Å². The third kappa shape index (κ3) is 59.8. The Balaban J connectivity index is 4.66. The molecule has 0 radical (unpaired) electrons. The van der Waals surface area contributed by atoms with Gasteiger partial charge in [0, 0.05) is 19.3 Å². The maximum absolute atomic E-state index is 13.0. The van der Waals surface area contributed by atoms with E-state index in [2.05, 4.69) is 81.5 Å². The highest BCUT2D eigenvalue weighted by atomic mass is 31.2. The van der Waals surface area contributed by atoms with Crippen molar-refractivity contribution in [1.29, 1.82) is 0 Å². The van der Waals surface area contributed by atoms with Crippen molar-refractivity contribution in [1.82, 2.24) is 0 Å². The van der Waals surface area contributed by atoms with Crippen LogP contribution in [0.1, 0.15) is 316 Å². The lowest BCUT2D eigenvalue weighted by Gasteiger charge is -2.21. The number of hydrogen-bond acceptors (Lipinski definition) is 10. The molecule has 11 nitrogen and oxygen atoms in total. The Hall–Kier alpha value is -2.82. The molecule has 466 valence electrons. The quantitative estimate of drug-likeness (QED) is 0.0197. The molecule has 12 heteroatoms. The van der Waals surface area contributed by atoms with E-state index in [1.54, 1.807) is 0 Å². The van der Waals surface area contributed by atoms with Gasteiger partial charge in [0.25, 0.3) is 0 Å². The Kier molecular flexibility index (Phi) is 60.0. The first-order chi connectivity index (χ1) is 39.2. The Morgan fingerprint density at radius 2 is 0.613 bits per heavy atom. The van der Waals surface area contributed by atoms with Gasteiger partial charge in [0.2, 0.25) is 0 Å². The monoisotopic (exact) mass is 1150 g/mol. The zero-order chi connectivity index (χ0) is 58.3. The van der Waals surface area contributed by atoms with Crippen LogP contribution >= 0.6 is 7.82 Å². The average Bonchev–Trinajstić information content (AvgIpc) is 3.45. The van der Waals surface area contributed by atoms with Gasteiger partial charge in [-0.1, -0.05) is 248 Å². The zero-order valence-electron chi connectivity index (χ0n) is 51.8. The number of rotatable bonds is 62. The molecule has 0 aliphatic rings. The molecule has 3 atom stereocenters. The van der Waals surface area contributed by atoms with Crippen molar-refractivity contribution in [2.75, 3.05) is 26.4 Å².